The lowest BCUT2D eigenvalue weighted by Crippen LogP contribution is -2.24. The van der Waals surface area contributed by atoms with Gasteiger partial charge in [0.25, 0.3) is 5.91 Å². The Morgan fingerprint density at radius 3 is 2.52 bits per heavy atom. The zero-order chi connectivity index (χ0) is 18.0. The molecule has 3 aromatic rings. The maximum Gasteiger partial charge on any atom is 0.373 e. The zero-order valence-corrected chi connectivity index (χ0v) is 13.5. The van der Waals surface area contributed by atoms with Crippen molar-refractivity contribution in [2.45, 2.75) is 13.5 Å². The van der Waals surface area contributed by atoms with Crippen molar-refractivity contribution >= 4 is 11.9 Å². The highest BCUT2D eigenvalue weighted by molar-refractivity contribution is 5.93. The van der Waals surface area contributed by atoms with Crippen molar-refractivity contribution in [3.63, 3.8) is 0 Å². The Kier molecular flexibility index (Phi) is 4.25. The molecule has 128 valence electrons. The minimum atomic E-state index is -1.19. The summed E-state index contributed by atoms with van der Waals surface area (Å²) in [5, 5.41) is 23.9. The van der Waals surface area contributed by atoms with Crippen LogP contribution in [-0.2, 0) is 13.6 Å². The van der Waals surface area contributed by atoms with Gasteiger partial charge in [0.1, 0.15) is 0 Å². The lowest BCUT2D eigenvalue weighted by Gasteiger charge is -2.00. The van der Waals surface area contributed by atoms with Crippen molar-refractivity contribution in [2.24, 2.45) is 7.05 Å². The van der Waals surface area contributed by atoms with Gasteiger partial charge in [-0.25, -0.2) is 14.5 Å². The van der Waals surface area contributed by atoms with Crippen molar-refractivity contribution < 1.29 is 14.7 Å². The molecule has 2 N–H and O–H groups in total. The first-order valence-corrected chi connectivity index (χ1v) is 7.36. The van der Waals surface area contributed by atoms with Crippen LogP contribution in [0.1, 0.15) is 32.6 Å². The summed E-state index contributed by atoms with van der Waals surface area (Å²) in [4.78, 5) is 28.5. The molecule has 0 bridgehead atoms. The van der Waals surface area contributed by atoms with Crippen LogP contribution < -0.4 is 5.32 Å². The summed E-state index contributed by atoms with van der Waals surface area (Å²) in [6, 6.07) is 9.22. The van der Waals surface area contributed by atoms with Gasteiger partial charge in [0.15, 0.2) is 11.5 Å². The summed E-state index contributed by atoms with van der Waals surface area (Å²) in [5.41, 5.74) is 1.39. The Bertz CT molecular complexity index is 930. The summed E-state index contributed by atoms with van der Waals surface area (Å²) < 4.78 is 1.14. The van der Waals surface area contributed by atoms with Gasteiger partial charge < -0.3 is 10.4 Å². The van der Waals surface area contributed by atoms with Crippen molar-refractivity contribution in [3.8, 4) is 5.69 Å². The quantitative estimate of drug-likeness (QED) is 0.684. The lowest BCUT2D eigenvalue weighted by atomic mass is 10.3. The minimum Gasteiger partial charge on any atom is -0.475 e. The average Bonchev–Trinajstić information content (AvgIpc) is 3.16. The van der Waals surface area contributed by atoms with Gasteiger partial charge in [-0.2, -0.15) is 15.0 Å². The third-order valence-corrected chi connectivity index (χ3v) is 3.39. The van der Waals surface area contributed by atoms with Crippen LogP contribution in [0.4, 0.5) is 0 Å². The number of amides is 1. The van der Waals surface area contributed by atoms with Crippen LogP contribution in [0.15, 0.2) is 30.3 Å². The molecule has 0 saturated carbocycles. The van der Waals surface area contributed by atoms with E-state index in [9.17, 15) is 9.59 Å². The molecule has 1 aromatic carbocycles. The Hall–Kier alpha value is -3.56. The number of aromatic carboxylic acids is 1. The molecule has 0 aliphatic carbocycles. The molecular weight excluding hydrogens is 326 g/mol. The number of aromatic nitrogens is 6. The highest BCUT2D eigenvalue weighted by atomic mass is 16.4. The molecule has 0 unspecified atom stereocenters. The largest absolute Gasteiger partial charge is 0.475 e. The predicted molar refractivity (Wildman–Crippen MR) is 85.2 cm³/mol. The van der Waals surface area contributed by atoms with Gasteiger partial charge in [-0.05, 0) is 19.1 Å². The Morgan fingerprint density at radius 1 is 1.16 bits per heavy atom. The number of carbonyl (C=O) groups excluding carboxylic acids is 1. The highest BCUT2D eigenvalue weighted by Gasteiger charge is 2.18. The third kappa shape index (κ3) is 3.37. The van der Waals surface area contributed by atoms with Crippen molar-refractivity contribution in [2.75, 3.05) is 0 Å². The second-order valence-corrected chi connectivity index (χ2v) is 5.22. The molecule has 10 heteroatoms. The minimum absolute atomic E-state index is 0.0163. The van der Waals surface area contributed by atoms with E-state index in [1.54, 1.807) is 6.92 Å². The zero-order valence-electron chi connectivity index (χ0n) is 13.5. The number of para-hydroxylation sites is 1. The smallest absolute Gasteiger partial charge is 0.373 e. The van der Waals surface area contributed by atoms with E-state index in [0.29, 0.717) is 5.69 Å². The van der Waals surface area contributed by atoms with Gasteiger partial charge in [-0.1, -0.05) is 18.2 Å². The van der Waals surface area contributed by atoms with Gasteiger partial charge in [-0.3, -0.25) is 4.79 Å². The summed E-state index contributed by atoms with van der Waals surface area (Å²) in [6.07, 6.45) is 0. The molecule has 10 nitrogen and oxygen atoms in total. The van der Waals surface area contributed by atoms with E-state index in [1.807, 2.05) is 30.3 Å². The van der Waals surface area contributed by atoms with Gasteiger partial charge in [0, 0.05) is 7.05 Å². The SMILES string of the molecule is Cc1nn(-c2ccccc2)nc1C(=O)NCc1nc(C(=O)O)n(C)n1. The van der Waals surface area contributed by atoms with Crippen LogP contribution in [0.2, 0.25) is 0 Å². The van der Waals surface area contributed by atoms with Crippen molar-refractivity contribution in [1.82, 2.24) is 35.1 Å². The van der Waals surface area contributed by atoms with Gasteiger partial charge in [-0.15, -0.1) is 5.10 Å². The number of benzene rings is 1. The van der Waals surface area contributed by atoms with E-state index in [4.69, 9.17) is 5.11 Å². The fourth-order valence-electron chi connectivity index (χ4n) is 2.21. The molecule has 3 rings (SSSR count). The standard InChI is InChI=1S/C15H15N7O3/c1-9-12(20-22(18-9)10-6-4-3-5-7-10)14(23)16-8-11-17-13(15(24)25)21(2)19-11/h3-7H,8H2,1-2H3,(H,16,23)(H,24,25). The fraction of sp³-hybridized carbons (Fsp3) is 0.200. The first kappa shape index (κ1) is 16.3. The lowest BCUT2D eigenvalue weighted by molar-refractivity contribution is 0.0678. The van der Waals surface area contributed by atoms with E-state index in [2.05, 4.69) is 25.6 Å². The van der Waals surface area contributed by atoms with Gasteiger partial charge >= 0.3 is 5.97 Å². The summed E-state index contributed by atoms with van der Waals surface area (Å²) in [5.74, 6) is -1.63. The highest BCUT2D eigenvalue weighted by Crippen LogP contribution is 2.08. The predicted octanol–water partition coefficient (Wildman–Crippen LogP) is 0.332. The first-order valence-electron chi connectivity index (χ1n) is 7.36. The van der Waals surface area contributed by atoms with Crippen LogP contribution in [0.25, 0.3) is 5.69 Å². The first-order chi connectivity index (χ1) is 12.0. The monoisotopic (exact) mass is 341 g/mol. The molecule has 2 heterocycles. The Balaban J connectivity index is 1.73. The van der Waals surface area contributed by atoms with Crippen LogP contribution in [0, 0.1) is 6.92 Å². The number of aryl methyl sites for hydroxylation is 2. The molecule has 25 heavy (non-hydrogen) atoms. The number of nitrogens with one attached hydrogen (secondary N) is 1. The second kappa shape index (κ2) is 6.51. The maximum atomic E-state index is 12.3. The number of carbonyl (C=O) groups is 2. The number of hydrogen-bond acceptors (Lipinski definition) is 6. The maximum absolute atomic E-state index is 12.3. The molecule has 2 aromatic heterocycles. The fourth-order valence-corrected chi connectivity index (χ4v) is 2.21. The summed E-state index contributed by atoms with van der Waals surface area (Å²) in [7, 11) is 1.47. The Morgan fingerprint density at radius 2 is 1.88 bits per heavy atom. The number of nitrogens with zero attached hydrogens (tertiary/aromatic N) is 6. The topological polar surface area (TPSA) is 128 Å². The van der Waals surface area contributed by atoms with E-state index in [-0.39, 0.29) is 23.9 Å². The molecule has 0 fully saturated rings. The molecule has 0 saturated heterocycles. The second-order valence-electron chi connectivity index (χ2n) is 5.22. The van der Waals surface area contributed by atoms with Crippen LogP contribution in [-0.4, -0.2) is 46.7 Å². The Labute approximate surface area is 142 Å². The average molecular weight is 341 g/mol. The molecular formula is C15H15N7O3. The van der Waals surface area contributed by atoms with Crippen LogP contribution in [0.5, 0.6) is 0 Å². The molecule has 0 aliphatic rings. The number of rotatable bonds is 5. The van der Waals surface area contributed by atoms with Crippen LogP contribution >= 0.6 is 0 Å². The summed E-state index contributed by atoms with van der Waals surface area (Å²) >= 11 is 0. The number of carboxylic acid groups (broad SMARTS) is 1. The van der Waals surface area contributed by atoms with Crippen molar-refractivity contribution in [1.29, 1.82) is 0 Å². The molecule has 0 atom stereocenters. The molecule has 0 radical (unpaired) electrons. The van der Waals surface area contributed by atoms with E-state index in [0.717, 1.165) is 10.4 Å². The van der Waals surface area contributed by atoms with Gasteiger partial charge in [0.05, 0.1) is 17.9 Å². The van der Waals surface area contributed by atoms with Crippen molar-refractivity contribution in [3.05, 3.63) is 53.4 Å². The number of carboxylic acids is 1. The summed E-state index contributed by atoms with van der Waals surface area (Å²) in [6.45, 7) is 1.67. The van der Waals surface area contributed by atoms with E-state index >= 15 is 0 Å². The van der Waals surface area contributed by atoms with Crippen LogP contribution in [0.3, 0.4) is 0 Å². The van der Waals surface area contributed by atoms with Gasteiger partial charge in [0.2, 0.25) is 5.82 Å². The molecule has 0 aliphatic heterocycles. The molecule has 1 amide bonds. The number of hydrogen-bond donors (Lipinski definition) is 2. The molecule has 0 spiro atoms. The van der Waals surface area contributed by atoms with E-state index < -0.39 is 11.9 Å². The van der Waals surface area contributed by atoms with E-state index in [1.165, 1.54) is 11.8 Å². The normalized spacial score (nSPS) is 10.6. The third-order valence-electron chi connectivity index (χ3n) is 3.39.